The minimum Gasteiger partial charge on any atom is -0.491 e. The molecule has 22 heavy (non-hydrogen) atoms. The van der Waals surface area contributed by atoms with Crippen molar-refractivity contribution in [3.05, 3.63) is 46.8 Å². The fourth-order valence-electron chi connectivity index (χ4n) is 2.93. The number of carbonyl (C=O) groups is 1. The van der Waals surface area contributed by atoms with E-state index in [1.165, 1.54) is 5.56 Å². The van der Waals surface area contributed by atoms with Crippen LogP contribution in [0.1, 0.15) is 33.7 Å². The van der Waals surface area contributed by atoms with Crippen LogP contribution < -0.4 is 10.1 Å². The Morgan fingerprint density at radius 1 is 1.36 bits per heavy atom. The van der Waals surface area contributed by atoms with Gasteiger partial charge >= 0.3 is 0 Å². The minimum atomic E-state index is -0.0670. The fraction of sp³-hybridized carbons (Fsp3) is 0.412. The molecule has 0 radical (unpaired) electrons. The first kappa shape index (κ1) is 14.6. The van der Waals surface area contributed by atoms with E-state index in [1.807, 2.05) is 39.1 Å². The number of rotatable bonds is 2. The summed E-state index contributed by atoms with van der Waals surface area (Å²) in [5.74, 6) is 0.857. The van der Waals surface area contributed by atoms with Crippen molar-refractivity contribution in [3.8, 4) is 5.75 Å². The zero-order chi connectivity index (χ0) is 15.7. The van der Waals surface area contributed by atoms with Crippen molar-refractivity contribution in [3.63, 3.8) is 0 Å². The van der Waals surface area contributed by atoms with Gasteiger partial charge in [0.1, 0.15) is 12.4 Å². The van der Waals surface area contributed by atoms with E-state index in [1.54, 1.807) is 4.68 Å². The molecule has 0 aliphatic carbocycles. The normalized spacial score (nSPS) is 17.3. The number of benzene rings is 1. The lowest BCUT2D eigenvalue weighted by Crippen LogP contribution is -2.39. The molecular formula is C17H21N3O2. The molecule has 0 fully saturated rings. The van der Waals surface area contributed by atoms with E-state index in [0.717, 1.165) is 30.0 Å². The smallest absolute Gasteiger partial charge is 0.255 e. The van der Waals surface area contributed by atoms with E-state index in [9.17, 15) is 4.79 Å². The molecule has 1 atom stereocenters. The number of amides is 1. The highest BCUT2D eigenvalue weighted by Crippen LogP contribution is 2.23. The Labute approximate surface area is 130 Å². The van der Waals surface area contributed by atoms with Gasteiger partial charge < -0.3 is 10.1 Å². The highest BCUT2D eigenvalue weighted by molar-refractivity contribution is 5.96. The van der Waals surface area contributed by atoms with Crippen LogP contribution in [0, 0.1) is 13.8 Å². The summed E-state index contributed by atoms with van der Waals surface area (Å²) in [6.45, 7) is 4.27. The molecule has 1 amide bonds. The van der Waals surface area contributed by atoms with E-state index in [0.29, 0.717) is 12.2 Å². The second-order valence-electron chi connectivity index (χ2n) is 5.80. The van der Waals surface area contributed by atoms with E-state index in [2.05, 4.69) is 16.5 Å². The van der Waals surface area contributed by atoms with Gasteiger partial charge in [-0.2, -0.15) is 5.10 Å². The summed E-state index contributed by atoms with van der Waals surface area (Å²) in [6, 6.07) is 8.06. The van der Waals surface area contributed by atoms with Crippen LogP contribution in [0.15, 0.2) is 24.3 Å². The van der Waals surface area contributed by atoms with Gasteiger partial charge in [-0.25, -0.2) is 0 Å². The summed E-state index contributed by atoms with van der Waals surface area (Å²) in [5.41, 5.74) is 3.51. The molecule has 2 aromatic rings. The predicted octanol–water partition coefficient (Wildman–Crippen LogP) is 2.16. The standard InChI is InChI=1S/C17H21N3O2/c1-11-16(12(2)20(3)19-11)17(21)18-14-9-8-13-6-4-5-7-15(13)22-10-14/h4-7,14H,8-10H2,1-3H3,(H,18,21). The molecule has 116 valence electrons. The topological polar surface area (TPSA) is 56.2 Å². The number of para-hydroxylation sites is 1. The van der Waals surface area contributed by atoms with Gasteiger partial charge in [-0.3, -0.25) is 9.48 Å². The number of aryl methyl sites for hydroxylation is 3. The first-order chi connectivity index (χ1) is 10.6. The number of hydrogen-bond donors (Lipinski definition) is 1. The Morgan fingerprint density at radius 3 is 2.86 bits per heavy atom. The van der Waals surface area contributed by atoms with E-state index in [4.69, 9.17) is 4.74 Å². The minimum absolute atomic E-state index is 0.0129. The number of carbonyl (C=O) groups excluding carboxylic acids is 1. The largest absolute Gasteiger partial charge is 0.491 e. The van der Waals surface area contributed by atoms with Crippen LogP contribution in [0.2, 0.25) is 0 Å². The van der Waals surface area contributed by atoms with Gasteiger partial charge in [-0.1, -0.05) is 18.2 Å². The van der Waals surface area contributed by atoms with Crippen LogP contribution in [0.25, 0.3) is 0 Å². The van der Waals surface area contributed by atoms with Gasteiger partial charge in [0.25, 0.3) is 5.91 Å². The summed E-state index contributed by atoms with van der Waals surface area (Å²) in [5, 5.41) is 7.39. The average molecular weight is 299 g/mol. The van der Waals surface area contributed by atoms with Crippen molar-refractivity contribution in [2.45, 2.75) is 32.7 Å². The second kappa shape index (κ2) is 5.83. The molecule has 0 spiro atoms. The molecule has 1 aliphatic rings. The average Bonchev–Trinajstić information content (AvgIpc) is 2.66. The number of ether oxygens (including phenoxy) is 1. The lowest BCUT2D eigenvalue weighted by atomic mass is 10.1. The molecule has 1 aromatic heterocycles. The van der Waals surface area contributed by atoms with Gasteiger partial charge in [0.15, 0.2) is 0 Å². The second-order valence-corrected chi connectivity index (χ2v) is 5.80. The van der Waals surface area contributed by atoms with Gasteiger partial charge in [0.05, 0.1) is 17.3 Å². The third-order valence-electron chi connectivity index (χ3n) is 4.25. The van der Waals surface area contributed by atoms with Gasteiger partial charge in [0.2, 0.25) is 0 Å². The SMILES string of the molecule is Cc1nn(C)c(C)c1C(=O)NC1CCc2ccccc2OC1. The number of aromatic nitrogens is 2. The van der Waals surface area contributed by atoms with E-state index < -0.39 is 0 Å². The zero-order valence-electron chi connectivity index (χ0n) is 13.2. The summed E-state index contributed by atoms with van der Waals surface area (Å²) >= 11 is 0. The van der Waals surface area contributed by atoms with Crippen molar-refractivity contribution < 1.29 is 9.53 Å². The van der Waals surface area contributed by atoms with Crippen molar-refractivity contribution >= 4 is 5.91 Å². The van der Waals surface area contributed by atoms with Gasteiger partial charge in [0, 0.05) is 12.7 Å². The zero-order valence-corrected chi connectivity index (χ0v) is 13.2. The Hall–Kier alpha value is -2.30. The maximum atomic E-state index is 12.5. The van der Waals surface area contributed by atoms with Crippen LogP contribution in [0.3, 0.4) is 0 Å². The van der Waals surface area contributed by atoms with Crippen molar-refractivity contribution in [1.82, 2.24) is 15.1 Å². The molecule has 1 aliphatic heterocycles. The number of hydrogen-bond acceptors (Lipinski definition) is 3. The summed E-state index contributed by atoms with van der Waals surface area (Å²) in [4.78, 5) is 12.5. The first-order valence-corrected chi connectivity index (χ1v) is 7.58. The Bertz CT molecular complexity index is 679. The number of nitrogens with zero attached hydrogens (tertiary/aromatic N) is 2. The quantitative estimate of drug-likeness (QED) is 0.924. The lowest BCUT2D eigenvalue weighted by molar-refractivity contribution is 0.0920. The first-order valence-electron chi connectivity index (χ1n) is 7.58. The molecule has 5 heteroatoms. The molecule has 0 saturated heterocycles. The summed E-state index contributed by atoms with van der Waals surface area (Å²) < 4.78 is 7.57. The lowest BCUT2D eigenvalue weighted by Gasteiger charge is -2.16. The molecule has 0 saturated carbocycles. The molecule has 5 nitrogen and oxygen atoms in total. The number of fused-ring (bicyclic) bond motifs is 1. The monoisotopic (exact) mass is 299 g/mol. The summed E-state index contributed by atoms with van der Waals surface area (Å²) in [7, 11) is 1.85. The van der Waals surface area contributed by atoms with Crippen LogP contribution in [-0.4, -0.2) is 28.3 Å². The highest BCUT2D eigenvalue weighted by atomic mass is 16.5. The molecule has 1 unspecified atom stereocenters. The van der Waals surface area contributed by atoms with Crippen LogP contribution in [0.5, 0.6) is 5.75 Å². The van der Waals surface area contributed by atoms with Gasteiger partial charge in [-0.05, 0) is 38.3 Å². The molecule has 2 heterocycles. The molecule has 1 aromatic carbocycles. The van der Waals surface area contributed by atoms with E-state index >= 15 is 0 Å². The number of nitrogens with one attached hydrogen (secondary N) is 1. The van der Waals surface area contributed by atoms with Crippen LogP contribution in [0.4, 0.5) is 0 Å². The van der Waals surface area contributed by atoms with Crippen LogP contribution >= 0.6 is 0 Å². The molecule has 3 rings (SSSR count). The molecule has 0 bridgehead atoms. The van der Waals surface area contributed by atoms with E-state index in [-0.39, 0.29) is 11.9 Å². The Balaban J connectivity index is 1.71. The van der Waals surface area contributed by atoms with Crippen molar-refractivity contribution in [2.75, 3.05) is 6.61 Å². The van der Waals surface area contributed by atoms with Gasteiger partial charge in [-0.15, -0.1) is 0 Å². The Morgan fingerprint density at radius 2 is 2.14 bits per heavy atom. The third kappa shape index (κ3) is 2.71. The maximum Gasteiger partial charge on any atom is 0.255 e. The third-order valence-corrected chi connectivity index (χ3v) is 4.25. The molecular weight excluding hydrogens is 278 g/mol. The summed E-state index contributed by atoms with van der Waals surface area (Å²) in [6.07, 6.45) is 1.78. The van der Waals surface area contributed by atoms with Crippen LogP contribution in [-0.2, 0) is 13.5 Å². The van der Waals surface area contributed by atoms with Crippen molar-refractivity contribution in [2.24, 2.45) is 7.05 Å². The maximum absolute atomic E-state index is 12.5. The fourth-order valence-corrected chi connectivity index (χ4v) is 2.93. The van der Waals surface area contributed by atoms with Crippen molar-refractivity contribution in [1.29, 1.82) is 0 Å². The highest BCUT2D eigenvalue weighted by Gasteiger charge is 2.22. The predicted molar refractivity (Wildman–Crippen MR) is 84.2 cm³/mol. The molecule has 1 N–H and O–H groups in total. The Kier molecular flexibility index (Phi) is 3.88.